The molecule has 152 valence electrons. The topological polar surface area (TPSA) is 121 Å². The van der Waals surface area contributed by atoms with Gasteiger partial charge in [0.25, 0.3) is 5.56 Å². The standard InChI is InChI=1S/C18H24N4O4S2/c1-4-28(25,26)22-15(8-9-27-3)18(24)20-14-7-5-6-13(11-14)17-19-12(2)10-16(23)21-17/h5-7,10-11,15,22H,4,8-9H2,1-3H3,(H,20,24)(H,19,21,23). The highest BCUT2D eigenvalue weighted by atomic mass is 32.2. The number of anilines is 1. The number of carbonyl (C=O) groups excluding carboxylic acids is 1. The normalized spacial score (nSPS) is 12.5. The van der Waals surface area contributed by atoms with E-state index in [0.717, 1.165) is 0 Å². The van der Waals surface area contributed by atoms with Crippen LogP contribution in [0.4, 0.5) is 5.69 Å². The smallest absolute Gasteiger partial charge is 0.251 e. The van der Waals surface area contributed by atoms with Gasteiger partial charge in [0.2, 0.25) is 15.9 Å². The largest absolute Gasteiger partial charge is 0.325 e. The van der Waals surface area contributed by atoms with E-state index in [4.69, 9.17) is 0 Å². The molecule has 2 aromatic rings. The number of aromatic nitrogens is 2. The molecule has 8 nitrogen and oxygen atoms in total. The number of aryl methyl sites for hydroxylation is 1. The molecule has 0 bridgehead atoms. The molecule has 1 amide bonds. The van der Waals surface area contributed by atoms with Crippen molar-refractivity contribution < 1.29 is 13.2 Å². The summed E-state index contributed by atoms with van der Waals surface area (Å²) in [5, 5.41) is 2.74. The summed E-state index contributed by atoms with van der Waals surface area (Å²) in [7, 11) is -3.52. The van der Waals surface area contributed by atoms with Crippen LogP contribution in [-0.4, -0.2) is 48.1 Å². The molecule has 0 aliphatic rings. The molecule has 1 aromatic heterocycles. The number of carbonyl (C=O) groups is 1. The summed E-state index contributed by atoms with van der Waals surface area (Å²) < 4.78 is 26.2. The zero-order chi connectivity index (χ0) is 20.7. The molecule has 0 spiro atoms. The summed E-state index contributed by atoms with van der Waals surface area (Å²) in [4.78, 5) is 31.3. The van der Waals surface area contributed by atoms with Crippen molar-refractivity contribution in [2.24, 2.45) is 0 Å². The van der Waals surface area contributed by atoms with E-state index in [2.05, 4.69) is 20.0 Å². The van der Waals surface area contributed by atoms with Crippen molar-refractivity contribution in [2.75, 3.05) is 23.1 Å². The molecule has 1 heterocycles. The van der Waals surface area contributed by atoms with Gasteiger partial charge in [-0.2, -0.15) is 11.8 Å². The van der Waals surface area contributed by atoms with E-state index in [1.807, 2.05) is 6.26 Å². The summed E-state index contributed by atoms with van der Waals surface area (Å²) in [5.74, 6) is 0.497. The van der Waals surface area contributed by atoms with Crippen LogP contribution < -0.4 is 15.6 Å². The van der Waals surface area contributed by atoms with Crippen molar-refractivity contribution in [1.82, 2.24) is 14.7 Å². The first-order chi connectivity index (χ1) is 13.2. The Morgan fingerprint density at radius 1 is 1.32 bits per heavy atom. The van der Waals surface area contributed by atoms with E-state index in [9.17, 15) is 18.0 Å². The molecule has 1 aromatic carbocycles. The van der Waals surface area contributed by atoms with Crippen LogP contribution in [0.15, 0.2) is 35.1 Å². The molecular weight excluding hydrogens is 400 g/mol. The maximum atomic E-state index is 12.6. The Hall–Kier alpha value is -2.17. The summed E-state index contributed by atoms with van der Waals surface area (Å²) in [6.45, 7) is 3.24. The minimum atomic E-state index is -3.52. The lowest BCUT2D eigenvalue weighted by atomic mass is 10.1. The number of rotatable bonds is 9. The molecular formula is C18H24N4O4S2. The van der Waals surface area contributed by atoms with Crippen LogP contribution in [0.1, 0.15) is 19.0 Å². The van der Waals surface area contributed by atoms with Gasteiger partial charge in [0.05, 0.1) is 5.75 Å². The van der Waals surface area contributed by atoms with Crippen molar-refractivity contribution in [3.05, 3.63) is 46.4 Å². The van der Waals surface area contributed by atoms with Crippen molar-refractivity contribution in [3.63, 3.8) is 0 Å². The van der Waals surface area contributed by atoms with Crippen molar-refractivity contribution in [1.29, 1.82) is 0 Å². The molecule has 1 unspecified atom stereocenters. The first-order valence-corrected chi connectivity index (χ1v) is 11.8. The molecule has 0 aliphatic carbocycles. The SMILES string of the molecule is CCS(=O)(=O)NC(CCSC)C(=O)Nc1cccc(-c2nc(C)cc(=O)[nH]2)c1. The van der Waals surface area contributed by atoms with Crippen LogP contribution in [0.5, 0.6) is 0 Å². The average Bonchev–Trinajstić information content (AvgIpc) is 2.64. The first kappa shape index (κ1) is 22.1. The number of amides is 1. The third-order valence-electron chi connectivity index (χ3n) is 3.90. The lowest BCUT2D eigenvalue weighted by molar-refractivity contribution is -0.117. The molecule has 0 saturated heterocycles. The van der Waals surface area contributed by atoms with Crippen molar-refractivity contribution >= 4 is 33.4 Å². The maximum Gasteiger partial charge on any atom is 0.251 e. The van der Waals surface area contributed by atoms with Gasteiger partial charge in [-0.25, -0.2) is 18.1 Å². The molecule has 1 atom stereocenters. The van der Waals surface area contributed by atoms with E-state index < -0.39 is 22.0 Å². The Morgan fingerprint density at radius 2 is 2.07 bits per heavy atom. The minimum Gasteiger partial charge on any atom is -0.325 e. The van der Waals surface area contributed by atoms with Gasteiger partial charge in [0.15, 0.2) is 0 Å². The van der Waals surface area contributed by atoms with Crippen LogP contribution in [0, 0.1) is 6.92 Å². The molecule has 10 heteroatoms. The fraction of sp³-hybridized carbons (Fsp3) is 0.389. The quantitative estimate of drug-likeness (QED) is 0.564. The second-order valence-electron chi connectivity index (χ2n) is 6.16. The van der Waals surface area contributed by atoms with Crippen LogP contribution in [0.3, 0.4) is 0 Å². The lowest BCUT2D eigenvalue weighted by Crippen LogP contribution is -2.44. The third kappa shape index (κ3) is 6.47. The highest BCUT2D eigenvalue weighted by molar-refractivity contribution is 7.98. The number of thioether (sulfide) groups is 1. The molecule has 0 radical (unpaired) electrons. The predicted molar refractivity (Wildman–Crippen MR) is 113 cm³/mol. The molecule has 3 N–H and O–H groups in total. The van der Waals surface area contributed by atoms with Gasteiger partial charge in [-0.3, -0.25) is 9.59 Å². The Morgan fingerprint density at radius 3 is 2.71 bits per heavy atom. The number of H-pyrrole nitrogens is 1. The van der Waals surface area contributed by atoms with Crippen LogP contribution in [0.25, 0.3) is 11.4 Å². The van der Waals surface area contributed by atoms with E-state index in [-0.39, 0.29) is 11.3 Å². The molecule has 2 rings (SSSR count). The maximum absolute atomic E-state index is 12.6. The van der Waals surface area contributed by atoms with E-state index in [1.165, 1.54) is 24.8 Å². The number of hydrogen-bond donors (Lipinski definition) is 3. The lowest BCUT2D eigenvalue weighted by Gasteiger charge is -2.18. The number of hydrogen-bond acceptors (Lipinski definition) is 6. The molecule has 28 heavy (non-hydrogen) atoms. The van der Waals surface area contributed by atoms with Gasteiger partial charge in [-0.1, -0.05) is 12.1 Å². The van der Waals surface area contributed by atoms with Crippen LogP contribution in [0.2, 0.25) is 0 Å². The number of nitrogens with one attached hydrogen (secondary N) is 3. The fourth-order valence-electron chi connectivity index (χ4n) is 2.47. The number of aromatic amines is 1. The molecule has 0 aliphatic heterocycles. The second kappa shape index (κ2) is 9.85. The van der Waals surface area contributed by atoms with Crippen molar-refractivity contribution in [3.8, 4) is 11.4 Å². The van der Waals surface area contributed by atoms with Crippen molar-refractivity contribution in [2.45, 2.75) is 26.3 Å². The zero-order valence-electron chi connectivity index (χ0n) is 16.0. The van der Waals surface area contributed by atoms with Gasteiger partial charge in [0.1, 0.15) is 11.9 Å². The Labute approximate surface area is 168 Å². The average molecular weight is 425 g/mol. The van der Waals surface area contributed by atoms with E-state index in [0.29, 0.717) is 34.9 Å². The van der Waals surface area contributed by atoms with Gasteiger partial charge in [-0.05, 0) is 44.4 Å². The number of benzene rings is 1. The predicted octanol–water partition coefficient (Wildman–Crippen LogP) is 1.74. The summed E-state index contributed by atoms with van der Waals surface area (Å²) in [6.07, 6.45) is 2.26. The highest BCUT2D eigenvalue weighted by Gasteiger charge is 2.23. The third-order valence-corrected chi connectivity index (χ3v) is 5.95. The monoisotopic (exact) mass is 424 g/mol. The fourth-order valence-corrected chi connectivity index (χ4v) is 3.77. The van der Waals surface area contributed by atoms with Gasteiger partial charge in [-0.15, -0.1) is 0 Å². The van der Waals surface area contributed by atoms with Crippen LogP contribution >= 0.6 is 11.8 Å². The van der Waals surface area contributed by atoms with E-state index >= 15 is 0 Å². The number of nitrogens with zero attached hydrogens (tertiary/aromatic N) is 1. The summed E-state index contributed by atoms with van der Waals surface area (Å²) >= 11 is 1.53. The number of sulfonamides is 1. The Bertz CT molecular complexity index is 989. The van der Waals surface area contributed by atoms with Gasteiger partial charge in [0, 0.05) is 23.0 Å². The summed E-state index contributed by atoms with van der Waals surface area (Å²) in [5.41, 5.74) is 1.44. The Kier molecular flexibility index (Phi) is 7.78. The van der Waals surface area contributed by atoms with E-state index in [1.54, 1.807) is 31.2 Å². The van der Waals surface area contributed by atoms with Gasteiger partial charge >= 0.3 is 0 Å². The first-order valence-electron chi connectivity index (χ1n) is 8.72. The molecule has 0 fully saturated rings. The zero-order valence-corrected chi connectivity index (χ0v) is 17.6. The Balaban J connectivity index is 2.22. The second-order valence-corrected chi connectivity index (χ2v) is 9.19. The summed E-state index contributed by atoms with van der Waals surface area (Å²) in [6, 6.07) is 7.38. The van der Waals surface area contributed by atoms with Gasteiger partial charge < -0.3 is 10.3 Å². The van der Waals surface area contributed by atoms with Crippen LogP contribution in [-0.2, 0) is 14.8 Å². The minimum absolute atomic E-state index is 0.0993. The highest BCUT2D eigenvalue weighted by Crippen LogP contribution is 2.19. The molecule has 0 saturated carbocycles.